The summed E-state index contributed by atoms with van der Waals surface area (Å²) in [6.07, 6.45) is 0. The molecule has 0 spiro atoms. The van der Waals surface area contributed by atoms with E-state index >= 15 is 0 Å². The Labute approximate surface area is 93.3 Å². The fourth-order valence-electron chi connectivity index (χ4n) is 2.25. The van der Waals surface area contributed by atoms with Gasteiger partial charge in [0.25, 0.3) is 0 Å². The number of nitrogen functional groups attached to an aromatic ring is 1. The van der Waals surface area contributed by atoms with Gasteiger partial charge in [0.15, 0.2) is 0 Å². The van der Waals surface area contributed by atoms with E-state index < -0.39 is 0 Å². The minimum absolute atomic E-state index is 0.608. The first-order valence-corrected chi connectivity index (χ1v) is 5.31. The number of hydrogen-bond acceptors (Lipinski definition) is 2. The molecule has 0 saturated carbocycles. The molecular formula is C13H13N3. The lowest BCUT2D eigenvalue weighted by Crippen LogP contribution is -1.96. The van der Waals surface area contributed by atoms with Crippen LogP contribution in [0.25, 0.3) is 21.8 Å². The molecule has 3 aromatic rings. The maximum atomic E-state index is 5.88. The molecule has 2 aromatic heterocycles. The van der Waals surface area contributed by atoms with Crippen molar-refractivity contribution in [2.45, 2.75) is 13.8 Å². The van der Waals surface area contributed by atoms with Gasteiger partial charge in [-0.25, -0.2) is 4.98 Å². The van der Waals surface area contributed by atoms with Crippen LogP contribution >= 0.6 is 0 Å². The number of aromatic nitrogens is 2. The van der Waals surface area contributed by atoms with Crippen LogP contribution in [0.3, 0.4) is 0 Å². The van der Waals surface area contributed by atoms with Gasteiger partial charge in [0.1, 0.15) is 5.82 Å². The number of para-hydroxylation sites is 1. The molecule has 3 nitrogen and oxygen atoms in total. The number of benzene rings is 1. The van der Waals surface area contributed by atoms with E-state index in [1.54, 1.807) is 0 Å². The number of aryl methyl sites for hydroxylation is 2. The van der Waals surface area contributed by atoms with E-state index in [0.29, 0.717) is 5.82 Å². The average molecular weight is 214 g/mol. The van der Waals surface area contributed by atoms with Gasteiger partial charge in [-0.05, 0) is 19.9 Å². The average Bonchev–Trinajstić information content (AvgIpc) is 2.65. The first-order valence-electron chi connectivity index (χ1n) is 5.31. The molecule has 1 aromatic carbocycles. The monoisotopic (exact) mass is 214 g/mol. The van der Waals surface area contributed by atoms with E-state index in [1.165, 1.54) is 10.8 Å². The molecule has 16 heavy (non-hydrogen) atoms. The molecule has 0 fully saturated rings. The number of hydrogen-bond donors (Lipinski definition) is 2. The SMILES string of the molecule is Cc1c(N)nc(C)[13c]2c3ccccc3[15nH][13c]12. The number of nitrogens with two attached hydrogens (primary N) is 1. The van der Waals surface area contributed by atoms with Crippen molar-refractivity contribution < 1.29 is 0 Å². The van der Waals surface area contributed by atoms with E-state index in [-0.39, 0.29) is 0 Å². The third-order valence-electron chi connectivity index (χ3n) is 3.12. The van der Waals surface area contributed by atoms with Crippen LogP contribution in [-0.2, 0) is 0 Å². The molecule has 0 unspecified atom stereocenters. The van der Waals surface area contributed by atoms with Crippen molar-refractivity contribution in [2.24, 2.45) is 0 Å². The number of aromatic amines is 1. The molecule has 0 saturated heterocycles. The minimum atomic E-state index is 0.608. The second-order valence-electron chi connectivity index (χ2n) is 4.13. The van der Waals surface area contributed by atoms with Gasteiger partial charge >= 0.3 is 0 Å². The first-order chi connectivity index (χ1) is 7.68. The highest BCUT2D eigenvalue weighted by atomic mass is 15.6. The standard InChI is InChI=1S/C13H13N3/c1-7-12-11(8(2)15-13(7)14)9-5-3-4-6-10(9)16-12/h3-6,16H,1-2H3,(H2,14,15)/i11+1,12+1,16+1. The zero-order chi connectivity index (χ0) is 11.3. The van der Waals surface area contributed by atoms with E-state index in [0.717, 1.165) is 22.3 Å². The van der Waals surface area contributed by atoms with Gasteiger partial charge in [-0.2, -0.15) is 0 Å². The molecule has 3 N–H and O–H groups in total. The summed E-state index contributed by atoms with van der Waals surface area (Å²) >= 11 is 0. The lowest BCUT2D eigenvalue weighted by Gasteiger charge is -2.03. The summed E-state index contributed by atoms with van der Waals surface area (Å²) in [4.78, 5) is 7.79. The molecule has 3 rings (SSSR count). The largest absolute Gasteiger partial charge is 0.383 e. The third-order valence-corrected chi connectivity index (χ3v) is 3.12. The van der Waals surface area contributed by atoms with Crippen LogP contribution in [-0.4, -0.2) is 9.97 Å². The van der Waals surface area contributed by atoms with Crippen LogP contribution < -0.4 is 5.73 Å². The Morgan fingerprint density at radius 1 is 1.19 bits per heavy atom. The number of rotatable bonds is 0. The van der Waals surface area contributed by atoms with Gasteiger partial charge < -0.3 is 10.7 Å². The Bertz CT molecular complexity index is 695. The topological polar surface area (TPSA) is 54.7 Å². The predicted octanol–water partition coefficient (Wildman–Crippen LogP) is 2.92. The molecule has 0 atom stereocenters. The van der Waals surface area contributed by atoms with Gasteiger partial charge in [0.2, 0.25) is 0 Å². The van der Waals surface area contributed by atoms with Crippen molar-refractivity contribution in [1.82, 2.24) is 9.97 Å². The maximum Gasteiger partial charge on any atom is 0.128 e. The van der Waals surface area contributed by atoms with Crippen molar-refractivity contribution in [3.8, 4) is 0 Å². The van der Waals surface area contributed by atoms with Crippen LogP contribution in [0.2, 0.25) is 0 Å². The van der Waals surface area contributed by atoms with E-state index in [4.69, 9.17) is 5.73 Å². The summed E-state index contributed by atoms with van der Waals surface area (Å²) in [7, 11) is 0. The Morgan fingerprint density at radius 3 is 2.75 bits per heavy atom. The summed E-state index contributed by atoms with van der Waals surface area (Å²) in [5, 5.41) is 2.40. The van der Waals surface area contributed by atoms with Gasteiger partial charge in [-0.3, -0.25) is 0 Å². The fourth-order valence-corrected chi connectivity index (χ4v) is 2.25. The number of fused-ring (bicyclic) bond motifs is 3. The molecule has 0 aliphatic heterocycles. The molecule has 0 amide bonds. The zero-order valence-corrected chi connectivity index (χ0v) is 9.33. The second-order valence-corrected chi connectivity index (χ2v) is 4.13. The summed E-state index contributed by atoms with van der Waals surface area (Å²) in [6, 6.07) is 8.25. The van der Waals surface area contributed by atoms with Gasteiger partial charge in [-0.15, -0.1) is 0 Å². The van der Waals surface area contributed by atoms with E-state index in [2.05, 4.69) is 22.1 Å². The van der Waals surface area contributed by atoms with Crippen molar-refractivity contribution in [1.29, 1.82) is 0 Å². The van der Waals surface area contributed by atoms with E-state index in [1.807, 2.05) is 26.0 Å². The third kappa shape index (κ3) is 1.05. The molecule has 0 radical (unpaired) electrons. The van der Waals surface area contributed by atoms with Crippen molar-refractivity contribution in [3.63, 3.8) is 0 Å². The quantitative estimate of drug-likeness (QED) is 0.604. The van der Waals surface area contributed by atoms with Gasteiger partial charge in [-0.1, -0.05) is 18.2 Å². The molecule has 0 aliphatic rings. The highest BCUT2D eigenvalue weighted by molar-refractivity contribution is 6.10. The highest BCUT2D eigenvalue weighted by Gasteiger charge is 2.11. The van der Waals surface area contributed by atoms with Crippen LogP contribution in [0.5, 0.6) is 0 Å². The Balaban J connectivity index is 2.64. The van der Waals surface area contributed by atoms with Crippen molar-refractivity contribution >= 4 is 27.6 Å². The molecule has 2 heterocycles. The van der Waals surface area contributed by atoms with Crippen LogP contribution in [0, 0.1) is 13.8 Å². The normalized spacial score (nSPS) is 11.4. The lowest BCUT2D eigenvalue weighted by atomic mass is 10.3. The number of nitrogens with zero attached hydrogens (tertiary/aromatic N) is 1. The lowest BCUT2D eigenvalue weighted by molar-refractivity contribution is 1.22. The number of anilines is 1. The molecule has 80 valence electrons. The van der Waals surface area contributed by atoms with Crippen molar-refractivity contribution in [2.75, 3.05) is 5.73 Å². The zero-order valence-electron chi connectivity index (χ0n) is 9.33. The smallest absolute Gasteiger partial charge is 0.128 e. The van der Waals surface area contributed by atoms with E-state index in [9.17, 15) is 0 Å². The molecule has 3 heteroatoms. The summed E-state index contributed by atoms with van der Waals surface area (Å²) in [6.45, 7) is 4.00. The minimum Gasteiger partial charge on any atom is -0.383 e. The number of nitrogens with one attached hydrogen (secondary N) is 1. The Kier molecular flexibility index (Phi) is 1.72. The molecule has 0 bridgehead atoms. The Hall–Kier alpha value is -2.03. The van der Waals surface area contributed by atoms with Crippen molar-refractivity contribution in [3.05, 3.63) is 35.5 Å². The Morgan fingerprint density at radius 2 is 1.94 bits per heavy atom. The predicted molar refractivity (Wildman–Crippen MR) is 67.5 cm³/mol. The summed E-state index contributed by atoms with van der Waals surface area (Å²) in [5.41, 5.74) is 10.1. The fraction of sp³-hybridized carbons (Fsp3) is 0.154. The second kappa shape index (κ2) is 2.98. The van der Waals surface area contributed by atoms with Gasteiger partial charge in [0.05, 0.1) is 5.52 Å². The molecule has 0 aliphatic carbocycles. The number of H-pyrrole nitrogens is 1. The van der Waals surface area contributed by atoms with Crippen LogP contribution in [0.4, 0.5) is 5.82 Å². The summed E-state index contributed by atoms with van der Waals surface area (Å²) < 4.78 is 0. The first kappa shape index (κ1) is 9.21. The van der Waals surface area contributed by atoms with Crippen LogP contribution in [0.1, 0.15) is 11.3 Å². The van der Waals surface area contributed by atoms with Crippen LogP contribution in [0.15, 0.2) is 24.3 Å². The number of pyridine rings is 1. The highest BCUT2D eigenvalue weighted by Crippen LogP contribution is 2.30. The van der Waals surface area contributed by atoms with Gasteiger partial charge in [0, 0.05) is 27.5 Å². The molecular weight excluding hydrogens is 201 g/mol. The maximum absolute atomic E-state index is 5.88. The summed E-state index contributed by atoms with van der Waals surface area (Å²) in [5.74, 6) is 0.608.